The summed E-state index contributed by atoms with van der Waals surface area (Å²) in [7, 11) is 0. The van der Waals surface area contributed by atoms with Gasteiger partial charge >= 0.3 is 0 Å². The molecule has 0 heterocycles. The van der Waals surface area contributed by atoms with E-state index in [9.17, 15) is 15.2 Å². The van der Waals surface area contributed by atoms with Crippen LogP contribution in [0.4, 0.5) is 5.69 Å². The molecule has 0 bridgehead atoms. The maximum absolute atomic E-state index is 10.7. The summed E-state index contributed by atoms with van der Waals surface area (Å²) >= 11 is 0. The molecule has 0 aromatic heterocycles. The first kappa shape index (κ1) is 15.6. The van der Waals surface area contributed by atoms with Crippen LogP contribution in [0.5, 0.6) is 0 Å². The molecular formula is C13H20N2O4. The zero-order valence-corrected chi connectivity index (χ0v) is 11.2. The third kappa shape index (κ3) is 4.59. The Morgan fingerprint density at radius 2 is 2.21 bits per heavy atom. The molecule has 0 fully saturated rings. The van der Waals surface area contributed by atoms with Gasteiger partial charge in [0.15, 0.2) is 0 Å². The zero-order chi connectivity index (χ0) is 14.5. The van der Waals surface area contributed by atoms with Gasteiger partial charge in [-0.05, 0) is 18.9 Å². The van der Waals surface area contributed by atoms with Gasteiger partial charge in [0.05, 0.1) is 17.1 Å². The largest absolute Gasteiger partial charge is 0.393 e. The Kier molecular flexibility index (Phi) is 5.41. The summed E-state index contributed by atoms with van der Waals surface area (Å²) in [6, 6.07) is 6.32. The van der Waals surface area contributed by atoms with Crippen LogP contribution in [-0.4, -0.2) is 33.9 Å². The Morgan fingerprint density at radius 3 is 2.74 bits per heavy atom. The Morgan fingerprint density at radius 1 is 1.53 bits per heavy atom. The zero-order valence-electron chi connectivity index (χ0n) is 11.2. The van der Waals surface area contributed by atoms with Crippen LogP contribution in [0.1, 0.15) is 31.9 Å². The molecule has 0 saturated carbocycles. The highest BCUT2D eigenvalue weighted by Gasteiger charge is 2.21. The van der Waals surface area contributed by atoms with Crippen LogP contribution in [0.25, 0.3) is 0 Å². The summed E-state index contributed by atoms with van der Waals surface area (Å²) in [6.45, 7) is 3.35. The van der Waals surface area contributed by atoms with E-state index >= 15 is 0 Å². The summed E-state index contributed by atoms with van der Waals surface area (Å²) in [5.74, 6) is 0. The lowest BCUT2D eigenvalue weighted by atomic mass is 10.0. The normalized spacial score (nSPS) is 15.8. The molecule has 1 aromatic carbocycles. The first-order chi connectivity index (χ1) is 8.89. The van der Waals surface area contributed by atoms with E-state index < -0.39 is 10.5 Å². The maximum atomic E-state index is 10.7. The third-order valence-corrected chi connectivity index (χ3v) is 2.96. The van der Waals surface area contributed by atoms with Crippen molar-refractivity contribution in [3.05, 3.63) is 39.9 Å². The van der Waals surface area contributed by atoms with Gasteiger partial charge in [-0.25, -0.2) is 0 Å². The van der Waals surface area contributed by atoms with Crippen molar-refractivity contribution in [1.29, 1.82) is 0 Å². The Bertz CT molecular complexity index is 434. The molecule has 0 aliphatic rings. The number of hydrogen-bond donors (Lipinski definition) is 3. The first-order valence-electron chi connectivity index (χ1n) is 6.20. The Hall–Kier alpha value is -1.50. The van der Waals surface area contributed by atoms with Gasteiger partial charge < -0.3 is 15.5 Å². The third-order valence-electron chi connectivity index (χ3n) is 2.96. The van der Waals surface area contributed by atoms with Crippen molar-refractivity contribution >= 4 is 5.69 Å². The number of nitrogens with one attached hydrogen (secondary N) is 1. The van der Waals surface area contributed by atoms with E-state index in [0.29, 0.717) is 0 Å². The van der Waals surface area contributed by atoms with Crippen LogP contribution in [-0.2, 0) is 0 Å². The fourth-order valence-corrected chi connectivity index (χ4v) is 1.75. The average molecular weight is 268 g/mol. The molecule has 0 aliphatic carbocycles. The van der Waals surface area contributed by atoms with Crippen LogP contribution in [0.2, 0.25) is 0 Å². The molecule has 2 atom stereocenters. The summed E-state index contributed by atoms with van der Waals surface area (Å²) in [5, 5.41) is 32.6. The molecule has 2 unspecified atom stereocenters. The van der Waals surface area contributed by atoms with E-state index in [-0.39, 0.29) is 24.9 Å². The van der Waals surface area contributed by atoms with Crippen molar-refractivity contribution in [2.75, 3.05) is 13.2 Å². The lowest BCUT2D eigenvalue weighted by Crippen LogP contribution is -2.42. The van der Waals surface area contributed by atoms with E-state index in [0.717, 1.165) is 12.0 Å². The molecule has 1 aromatic rings. The second-order valence-corrected chi connectivity index (χ2v) is 4.85. The van der Waals surface area contributed by atoms with Crippen molar-refractivity contribution in [3.8, 4) is 0 Å². The summed E-state index contributed by atoms with van der Waals surface area (Å²) in [5.41, 5.74) is -0.356. The van der Waals surface area contributed by atoms with Crippen LogP contribution in [0.3, 0.4) is 0 Å². The molecule has 19 heavy (non-hydrogen) atoms. The van der Waals surface area contributed by atoms with Gasteiger partial charge in [-0.15, -0.1) is 0 Å². The van der Waals surface area contributed by atoms with Crippen molar-refractivity contribution in [3.63, 3.8) is 0 Å². The number of aliphatic hydroxyl groups is 2. The van der Waals surface area contributed by atoms with Crippen LogP contribution >= 0.6 is 0 Å². The number of non-ortho nitro benzene ring substituents is 1. The van der Waals surface area contributed by atoms with Gasteiger partial charge in [0.25, 0.3) is 5.69 Å². The number of benzene rings is 1. The molecule has 0 radical (unpaired) electrons. The predicted molar refractivity (Wildman–Crippen MR) is 71.8 cm³/mol. The van der Waals surface area contributed by atoms with E-state index in [1.54, 1.807) is 6.07 Å². The van der Waals surface area contributed by atoms with Gasteiger partial charge in [-0.2, -0.15) is 0 Å². The fraction of sp³-hybridized carbons (Fsp3) is 0.538. The Labute approximate surface area is 112 Å². The molecule has 3 N–H and O–H groups in total. The Balaban J connectivity index is 2.80. The minimum atomic E-state index is -1.20. The standard InChI is InChI=1S/C13H20N2O4/c1-3-12(14-8-13(2,17)9-16)10-5-4-6-11(7-10)15(18)19/h4-7,12,14,16-17H,3,8-9H2,1-2H3. The van der Waals surface area contributed by atoms with Gasteiger partial charge in [0, 0.05) is 24.7 Å². The molecule has 106 valence electrons. The minimum absolute atomic E-state index is 0.0478. The van der Waals surface area contributed by atoms with Crippen LogP contribution < -0.4 is 5.32 Å². The predicted octanol–water partition coefficient (Wildman–Crippen LogP) is 1.38. The molecule has 0 saturated heterocycles. The minimum Gasteiger partial charge on any atom is -0.393 e. The molecule has 6 nitrogen and oxygen atoms in total. The van der Waals surface area contributed by atoms with Crippen LogP contribution in [0.15, 0.2) is 24.3 Å². The summed E-state index contributed by atoms with van der Waals surface area (Å²) < 4.78 is 0. The number of nitro groups is 1. The molecule has 6 heteroatoms. The highest BCUT2D eigenvalue weighted by atomic mass is 16.6. The highest BCUT2D eigenvalue weighted by Crippen LogP contribution is 2.21. The van der Waals surface area contributed by atoms with Crippen molar-refractivity contribution in [2.24, 2.45) is 0 Å². The second kappa shape index (κ2) is 6.60. The SMILES string of the molecule is CCC(NCC(C)(O)CO)c1cccc([N+](=O)[O-])c1. The molecular weight excluding hydrogens is 248 g/mol. The lowest BCUT2D eigenvalue weighted by molar-refractivity contribution is -0.384. The molecule has 0 amide bonds. The van der Waals surface area contributed by atoms with E-state index in [2.05, 4.69) is 5.32 Å². The maximum Gasteiger partial charge on any atom is 0.269 e. The molecule has 0 aliphatic heterocycles. The van der Waals surface area contributed by atoms with Crippen molar-refractivity contribution in [2.45, 2.75) is 31.9 Å². The van der Waals surface area contributed by atoms with Gasteiger partial charge in [-0.1, -0.05) is 19.1 Å². The lowest BCUT2D eigenvalue weighted by Gasteiger charge is -2.25. The second-order valence-electron chi connectivity index (χ2n) is 4.85. The van der Waals surface area contributed by atoms with Crippen LogP contribution in [0, 0.1) is 10.1 Å². The van der Waals surface area contributed by atoms with Gasteiger partial charge in [0.1, 0.15) is 0 Å². The fourth-order valence-electron chi connectivity index (χ4n) is 1.75. The number of aliphatic hydroxyl groups excluding tert-OH is 1. The summed E-state index contributed by atoms with van der Waals surface area (Å²) in [4.78, 5) is 10.3. The number of nitrogens with zero attached hydrogens (tertiary/aromatic N) is 1. The quantitative estimate of drug-likeness (QED) is 0.513. The van der Waals surface area contributed by atoms with Gasteiger partial charge in [0.2, 0.25) is 0 Å². The number of nitro benzene ring substituents is 1. The topological polar surface area (TPSA) is 95.6 Å². The highest BCUT2D eigenvalue weighted by molar-refractivity contribution is 5.35. The molecule has 1 rings (SSSR count). The summed E-state index contributed by atoms with van der Waals surface area (Å²) in [6.07, 6.45) is 0.725. The first-order valence-corrected chi connectivity index (χ1v) is 6.20. The smallest absolute Gasteiger partial charge is 0.269 e. The molecule has 0 spiro atoms. The van der Waals surface area contributed by atoms with Crippen molar-refractivity contribution in [1.82, 2.24) is 5.32 Å². The van der Waals surface area contributed by atoms with E-state index in [1.165, 1.54) is 19.1 Å². The number of rotatable bonds is 7. The van der Waals surface area contributed by atoms with Gasteiger partial charge in [-0.3, -0.25) is 10.1 Å². The monoisotopic (exact) mass is 268 g/mol. The van der Waals surface area contributed by atoms with Crippen molar-refractivity contribution < 1.29 is 15.1 Å². The average Bonchev–Trinajstić information content (AvgIpc) is 2.39. The van der Waals surface area contributed by atoms with E-state index in [1.807, 2.05) is 13.0 Å². The number of hydrogen-bond acceptors (Lipinski definition) is 5. The van der Waals surface area contributed by atoms with E-state index in [4.69, 9.17) is 5.11 Å².